The van der Waals surface area contributed by atoms with E-state index in [1.807, 2.05) is 0 Å². The Morgan fingerprint density at radius 1 is 1.35 bits per heavy atom. The van der Waals surface area contributed by atoms with Gasteiger partial charge in [0.2, 0.25) is 0 Å². The summed E-state index contributed by atoms with van der Waals surface area (Å²) < 4.78 is 10.8. The van der Waals surface area contributed by atoms with Crippen LogP contribution in [0.2, 0.25) is 5.02 Å². The fourth-order valence-electron chi connectivity index (χ4n) is 1.24. The lowest BCUT2D eigenvalue weighted by molar-refractivity contribution is 0.0819. The van der Waals surface area contributed by atoms with Gasteiger partial charge in [-0.1, -0.05) is 25.4 Å². The first-order valence-electron chi connectivity index (χ1n) is 5.58. The Labute approximate surface area is 107 Å². The van der Waals surface area contributed by atoms with Crippen molar-refractivity contribution >= 4 is 17.9 Å². The number of rotatable bonds is 7. The molecule has 0 saturated heterocycles. The molecule has 1 rings (SSSR count). The van der Waals surface area contributed by atoms with Gasteiger partial charge < -0.3 is 9.47 Å². The lowest BCUT2D eigenvalue weighted by atomic mass is 10.2. The summed E-state index contributed by atoms with van der Waals surface area (Å²) in [5, 5.41) is 0.443. The molecule has 1 aromatic carbocycles. The molecule has 0 heterocycles. The Kier molecular flexibility index (Phi) is 6.01. The third-order valence-electron chi connectivity index (χ3n) is 2.03. The molecule has 0 aliphatic carbocycles. The molecule has 94 valence electrons. The standard InChI is InChI=1S/C13H17ClO3/c1-10(2)9-16-5-6-17-13-4-3-11(8-15)7-12(13)14/h3-4,7-8,10H,5-6,9H2,1-2H3. The maximum atomic E-state index is 10.5. The van der Waals surface area contributed by atoms with Crippen LogP contribution in [0.5, 0.6) is 5.75 Å². The van der Waals surface area contributed by atoms with Crippen LogP contribution in [0.25, 0.3) is 0 Å². The van der Waals surface area contributed by atoms with Crippen LogP contribution in [0.1, 0.15) is 24.2 Å². The number of carbonyl (C=O) groups is 1. The molecule has 0 bridgehead atoms. The molecular formula is C13H17ClO3. The minimum atomic E-state index is 0.443. The maximum absolute atomic E-state index is 10.5. The quantitative estimate of drug-likeness (QED) is 0.555. The number of hydrogen-bond donors (Lipinski definition) is 0. The molecule has 0 amide bonds. The zero-order valence-electron chi connectivity index (χ0n) is 10.1. The molecule has 0 aromatic heterocycles. The summed E-state index contributed by atoms with van der Waals surface area (Å²) in [5.74, 6) is 1.09. The van der Waals surface area contributed by atoms with Crippen molar-refractivity contribution in [1.29, 1.82) is 0 Å². The van der Waals surface area contributed by atoms with Crippen LogP contribution in [0.4, 0.5) is 0 Å². The largest absolute Gasteiger partial charge is 0.490 e. The summed E-state index contributed by atoms with van der Waals surface area (Å²) in [6.07, 6.45) is 0.751. The number of aldehydes is 1. The van der Waals surface area contributed by atoms with E-state index in [9.17, 15) is 4.79 Å². The molecule has 1 aromatic rings. The van der Waals surface area contributed by atoms with Crippen molar-refractivity contribution in [2.45, 2.75) is 13.8 Å². The van der Waals surface area contributed by atoms with Crippen molar-refractivity contribution in [3.8, 4) is 5.75 Å². The van der Waals surface area contributed by atoms with E-state index in [1.54, 1.807) is 18.2 Å². The van der Waals surface area contributed by atoms with Crippen LogP contribution in [-0.2, 0) is 4.74 Å². The van der Waals surface area contributed by atoms with Crippen molar-refractivity contribution < 1.29 is 14.3 Å². The topological polar surface area (TPSA) is 35.5 Å². The van der Waals surface area contributed by atoms with Crippen LogP contribution in [0.3, 0.4) is 0 Å². The Morgan fingerprint density at radius 2 is 2.12 bits per heavy atom. The Morgan fingerprint density at radius 3 is 2.71 bits per heavy atom. The first kappa shape index (κ1) is 14.0. The van der Waals surface area contributed by atoms with Gasteiger partial charge in [0.05, 0.1) is 11.6 Å². The molecule has 0 saturated carbocycles. The molecule has 0 N–H and O–H groups in total. The predicted molar refractivity (Wildman–Crippen MR) is 68.0 cm³/mol. The minimum absolute atomic E-state index is 0.443. The number of benzene rings is 1. The number of carbonyl (C=O) groups excluding carboxylic acids is 1. The molecule has 0 atom stereocenters. The monoisotopic (exact) mass is 256 g/mol. The molecular weight excluding hydrogens is 240 g/mol. The molecule has 4 heteroatoms. The van der Waals surface area contributed by atoms with Gasteiger partial charge in [0.1, 0.15) is 18.6 Å². The van der Waals surface area contributed by atoms with Crippen molar-refractivity contribution in [2.24, 2.45) is 5.92 Å². The predicted octanol–water partition coefficient (Wildman–Crippen LogP) is 3.20. The normalized spacial score (nSPS) is 10.6. The van der Waals surface area contributed by atoms with Crippen LogP contribution in [-0.4, -0.2) is 26.1 Å². The van der Waals surface area contributed by atoms with Gasteiger partial charge >= 0.3 is 0 Å². The van der Waals surface area contributed by atoms with E-state index < -0.39 is 0 Å². The highest BCUT2D eigenvalue weighted by Crippen LogP contribution is 2.24. The second-order valence-electron chi connectivity index (χ2n) is 4.12. The van der Waals surface area contributed by atoms with Crippen LogP contribution < -0.4 is 4.74 Å². The van der Waals surface area contributed by atoms with Gasteiger partial charge in [0.15, 0.2) is 0 Å². The Hall–Kier alpha value is -1.06. The van der Waals surface area contributed by atoms with Gasteiger partial charge in [0.25, 0.3) is 0 Å². The lowest BCUT2D eigenvalue weighted by Gasteiger charge is -2.09. The summed E-state index contributed by atoms with van der Waals surface area (Å²) in [4.78, 5) is 10.5. The highest BCUT2D eigenvalue weighted by Gasteiger charge is 2.02. The maximum Gasteiger partial charge on any atom is 0.150 e. The van der Waals surface area contributed by atoms with E-state index in [1.165, 1.54) is 0 Å². The van der Waals surface area contributed by atoms with E-state index in [-0.39, 0.29) is 0 Å². The van der Waals surface area contributed by atoms with Gasteiger partial charge in [-0.25, -0.2) is 0 Å². The molecule has 0 spiro atoms. The van der Waals surface area contributed by atoms with E-state index >= 15 is 0 Å². The zero-order valence-corrected chi connectivity index (χ0v) is 10.9. The smallest absolute Gasteiger partial charge is 0.150 e. The van der Waals surface area contributed by atoms with Gasteiger partial charge in [-0.05, 0) is 24.1 Å². The second kappa shape index (κ2) is 7.30. The Balaban J connectivity index is 2.34. The summed E-state index contributed by atoms with van der Waals surface area (Å²) in [5.41, 5.74) is 0.540. The molecule has 0 radical (unpaired) electrons. The molecule has 0 unspecified atom stereocenters. The average Bonchev–Trinajstić information content (AvgIpc) is 2.30. The van der Waals surface area contributed by atoms with E-state index in [4.69, 9.17) is 21.1 Å². The van der Waals surface area contributed by atoms with E-state index in [2.05, 4.69) is 13.8 Å². The third kappa shape index (κ3) is 5.20. The first-order chi connectivity index (χ1) is 8.13. The summed E-state index contributed by atoms with van der Waals surface area (Å²) in [7, 11) is 0. The van der Waals surface area contributed by atoms with E-state index in [0.29, 0.717) is 35.5 Å². The number of ether oxygens (including phenoxy) is 2. The summed E-state index contributed by atoms with van der Waals surface area (Å²) in [6, 6.07) is 4.94. The number of hydrogen-bond acceptors (Lipinski definition) is 3. The molecule has 0 aliphatic heterocycles. The highest BCUT2D eigenvalue weighted by molar-refractivity contribution is 6.32. The van der Waals surface area contributed by atoms with Crippen LogP contribution in [0.15, 0.2) is 18.2 Å². The molecule has 3 nitrogen and oxygen atoms in total. The van der Waals surface area contributed by atoms with Gasteiger partial charge in [-0.3, -0.25) is 4.79 Å². The minimum Gasteiger partial charge on any atom is -0.490 e. The van der Waals surface area contributed by atoms with Gasteiger partial charge in [0, 0.05) is 12.2 Å². The molecule has 0 fully saturated rings. The zero-order chi connectivity index (χ0) is 12.7. The van der Waals surface area contributed by atoms with Crippen LogP contribution >= 0.6 is 11.6 Å². The van der Waals surface area contributed by atoms with Crippen LogP contribution in [0, 0.1) is 5.92 Å². The number of halogens is 1. The van der Waals surface area contributed by atoms with Crippen molar-refractivity contribution in [3.05, 3.63) is 28.8 Å². The van der Waals surface area contributed by atoms with Crippen molar-refractivity contribution in [2.75, 3.05) is 19.8 Å². The fourth-order valence-corrected chi connectivity index (χ4v) is 1.48. The average molecular weight is 257 g/mol. The summed E-state index contributed by atoms with van der Waals surface area (Å²) in [6.45, 7) is 5.89. The third-order valence-corrected chi connectivity index (χ3v) is 2.32. The van der Waals surface area contributed by atoms with Crippen molar-refractivity contribution in [3.63, 3.8) is 0 Å². The molecule has 17 heavy (non-hydrogen) atoms. The second-order valence-corrected chi connectivity index (χ2v) is 4.53. The van der Waals surface area contributed by atoms with Gasteiger partial charge in [-0.15, -0.1) is 0 Å². The fraction of sp³-hybridized carbons (Fsp3) is 0.462. The van der Waals surface area contributed by atoms with Crippen molar-refractivity contribution in [1.82, 2.24) is 0 Å². The molecule has 0 aliphatic rings. The first-order valence-corrected chi connectivity index (χ1v) is 5.96. The Bertz CT molecular complexity index is 364. The van der Waals surface area contributed by atoms with Gasteiger partial charge in [-0.2, -0.15) is 0 Å². The SMILES string of the molecule is CC(C)COCCOc1ccc(C=O)cc1Cl. The summed E-state index contributed by atoms with van der Waals surface area (Å²) >= 11 is 5.95. The van der Waals surface area contributed by atoms with E-state index in [0.717, 1.165) is 12.9 Å². The lowest BCUT2D eigenvalue weighted by Crippen LogP contribution is -2.10. The highest BCUT2D eigenvalue weighted by atomic mass is 35.5.